The zero-order chi connectivity index (χ0) is 25.1. The van der Waals surface area contributed by atoms with Gasteiger partial charge in [-0.3, -0.25) is 9.13 Å². The third-order valence-corrected chi connectivity index (χ3v) is 7.60. The molecule has 0 fully saturated rings. The summed E-state index contributed by atoms with van der Waals surface area (Å²) < 4.78 is 3.70. The fraction of sp³-hybridized carbons (Fsp3) is 0.200. The molecular formula is C30H27N5O. The quantitative estimate of drug-likeness (QED) is 0.307. The maximum Gasteiger partial charge on any atom is 0.330 e. The van der Waals surface area contributed by atoms with Gasteiger partial charge in [-0.1, -0.05) is 24.3 Å². The number of H-pyrrole nitrogens is 2. The number of hydrogen-bond donors (Lipinski definition) is 2. The van der Waals surface area contributed by atoms with E-state index in [9.17, 15) is 10.1 Å². The molecule has 0 radical (unpaired) electrons. The van der Waals surface area contributed by atoms with Crippen LogP contribution in [0.4, 0.5) is 0 Å². The van der Waals surface area contributed by atoms with Gasteiger partial charge in [0.2, 0.25) is 0 Å². The van der Waals surface area contributed by atoms with Crippen LogP contribution in [-0.4, -0.2) is 19.1 Å². The Balaban J connectivity index is 1.62. The van der Waals surface area contributed by atoms with Crippen LogP contribution in [0, 0.1) is 25.2 Å². The lowest BCUT2D eigenvalue weighted by molar-refractivity contribution is 0.570. The minimum Gasteiger partial charge on any atom is -0.361 e. The Hall–Kier alpha value is -4.50. The fourth-order valence-corrected chi connectivity index (χ4v) is 5.80. The monoisotopic (exact) mass is 473 g/mol. The highest BCUT2D eigenvalue weighted by atomic mass is 16.1. The van der Waals surface area contributed by atoms with Crippen molar-refractivity contribution in [2.24, 2.45) is 0 Å². The summed E-state index contributed by atoms with van der Waals surface area (Å²) in [7, 11) is 0. The average Bonchev–Trinajstić information content (AvgIpc) is 3.57. The van der Waals surface area contributed by atoms with Gasteiger partial charge in [0.1, 0.15) is 0 Å². The lowest BCUT2D eigenvalue weighted by atomic mass is 10.0. The summed E-state index contributed by atoms with van der Waals surface area (Å²) in [4.78, 5) is 21.0. The first-order valence-electron chi connectivity index (χ1n) is 12.2. The Bertz CT molecular complexity index is 1890. The van der Waals surface area contributed by atoms with E-state index in [1.165, 1.54) is 5.56 Å². The topological polar surface area (TPSA) is 82.3 Å². The SMILES string of the molecule is Cc1cccc2[nH]cc(C(C)n3c(=O)n(C(C)c4c[nH]c5cccc(C)c45)c4cc(C#N)ccc43)c12. The van der Waals surface area contributed by atoms with E-state index < -0.39 is 0 Å². The van der Waals surface area contributed by atoms with Gasteiger partial charge in [0.25, 0.3) is 0 Å². The van der Waals surface area contributed by atoms with Gasteiger partial charge < -0.3 is 9.97 Å². The van der Waals surface area contributed by atoms with Gasteiger partial charge >= 0.3 is 5.69 Å². The molecule has 6 heteroatoms. The van der Waals surface area contributed by atoms with Crippen LogP contribution in [0.3, 0.4) is 0 Å². The van der Waals surface area contributed by atoms with Crippen LogP contribution in [-0.2, 0) is 0 Å². The van der Waals surface area contributed by atoms with Crippen molar-refractivity contribution >= 4 is 32.8 Å². The molecule has 3 heterocycles. The average molecular weight is 474 g/mol. The van der Waals surface area contributed by atoms with Gasteiger partial charge in [0.05, 0.1) is 34.7 Å². The minimum atomic E-state index is -0.234. The van der Waals surface area contributed by atoms with Crippen molar-refractivity contribution in [2.45, 2.75) is 39.8 Å². The van der Waals surface area contributed by atoms with Gasteiger partial charge in [0.15, 0.2) is 0 Å². The van der Waals surface area contributed by atoms with E-state index in [2.05, 4.69) is 68.0 Å². The van der Waals surface area contributed by atoms with Crippen molar-refractivity contribution in [1.82, 2.24) is 19.1 Å². The number of aromatic amines is 2. The van der Waals surface area contributed by atoms with Crippen LogP contribution >= 0.6 is 0 Å². The molecule has 3 aromatic carbocycles. The molecule has 2 atom stereocenters. The summed E-state index contributed by atoms with van der Waals surface area (Å²) in [6.07, 6.45) is 4.01. The molecular weight excluding hydrogens is 446 g/mol. The van der Waals surface area contributed by atoms with Crippen LogP contribution < -0.4 is 5.69 Å². The number of aryl methyl sites for hydroxylation is 2. The molecule has 0 bridgehead atoms. The molecule has 36 heavy (non-hydrogen) atoms. The van der Waals surface area contributed by atoms with E-state index in [0.717, 1.165) is 49.5 Å². The lowest BCUT2D eigenvalue weighted by Gasteiger charge is -2.15. The number of nitrogens with zero attached hydrogens (tertiary/aromatic N) is 3. The van der Waals surface area contributed by atoms with Crippen LogP contribution in [0.25, 0.3) is 32.8 Å². The predicted molar refractivity (Wildman–Crippen MR) is 145 cm³/mol. The van der Waals surface area contributed by atoms with Gasteiger partial charge in [-0.15, -0.1) is 0 Å². The number of benzene rings is 3. The van der Waals surface area contributed by atoms with Crippen LogP contribution in [0.5, 0.6) is 0 Å². The minimum absolute atomic E-state index is 0.0917. The molecule has 6 rings (SSSR count). The molecule has 0 amide bonds. The molecule has 0 aliphatic rings. The first-order chi connectivity index (χ1) is 17.4. The standard InChI is InChI=1S/C30H27N5O/c1-17-7-5-9-24-28(17)22(15-32-24)19(3)34-26-12-11-21(14-31)13-27(26)35(30(34)36)20(4)23-16-33-25-10-6-8-18(2)29(23)25/h5-13,15-16,19-20,32-33H,1-4H3. The predicted octanol–water partition coefficient (Wildman–Crippen LogP) is 6.47. The summed E-state index contributed by atoms with van der Waals surface area (Å²) in [5.74, 6) is 0. The third-order valence-electron chi connectivity index (χ3n) is 7.60. The highest BCUT2D eigenvalue weighted by molar-refractivity contribution is 5.88. The fourth-order valence-electron chi connectivity index (χ4n) is 5.80. The first-order valence-corrected chi connectivity index (χ1v) is 12.2. The van der Waals surface area contributed by atoms with Gasteiger partial charge in [-0.25, -0.2) is 4.79 Å². The number of nitriles is 1. The van der Waals surface area contributed by atoms with Gasteiger partial charge in [0, 0.05) is 45.3 Å². The Labute approximate surface area is 208 Å². The second-order valence-electron chi connectivity index (χ2n) is 9.67. The van der Waals surface area contributed by atoms with E-state index in [1.807, 2.05) is 45.8 Å². The van der Waals surface area contributed by atoms with Crippen LogP contribution in [0.15, 0.2) is 71.8 Å². The van der Waals surface area contributed by atoms with Crippen LogP contribution in [0.2, 0.25) is 0 Å². The maximum absolute atomic E-state index is 14.2. The molecule has 2 unspecified atom stereocenters. The summed E-state index contributed by atoms with van der Waals surface area (Å²) in [5, 5.41) is 11.9. The van der Waals surface area contributed by atoms with E-state index in [-0.39, 0.29) is 17.8 Å². The zero-order valence-corrected chi connectivity index (χ0v) is 20.8. The normalized spacial score (nSPS) is 13.4. The third kappa shape index (κ3) is 3.06. The van der Waals surface area contributed by atoms with Crippen molar-refractivity contribution in [1.29, 1.82) is 5.26 Å². The number of fused-ring (bicyclic) bond motifs is 3. The second-order valence-corrected chi connectivity index (χ2v) is 9.67. The first kappa shape index (κ1) is 22.0. The lowest BCUT2D eigenvalue weighted by Crippen LogP contribution is -2.29. The number of rotatable bonds is 4. The van der Waals surface area contributed by atoms with Gasteiger partial charge in [-0.2, -0.15) is 5.26 Å². The van der Waals surface area contributed by atoms with Crippen molar-refractivity contribution in [3.8, 4) is 6.07 Å². The summed E-state index contributed by atoms with van der Waals surface area (Å²) >= 11 is 0. The Morgan fingerprint density at radius 2 is 1.31 bits per heavy atom. The van der Waals surface area contributed by atoms with Gasteiger partial charge in [-0.05, 0) is 69.2 Å². The molecule has 3 aromatic heterocycles. The molecule has 0 aliphatic heterocycles. The van der Waals surface area contributed by atoms with E-state index in [0.29, 0.717) is 5.56 Å². The molecule has 0 spiro atoms. The van der Waals surface area contributed by atoms with E-state index >= 15 is 0 Å². The van der Waals surface area contributed by atoms with Crippen LogP contribution in [0.1, 0.15) is 53.7 Å². The summed E-state index contributed by atoms with van der Waals surface area (Å²) in [6, 6.07) is 19.7. The van der Waals surface area contributed by atoms with Crippen molar-refractivity contribution in [3.05, 3.63) is 105 Å². The van der Waals surface area contributed by atoms with Crippen molar-refractivity contribution in [3.63, 3.8) is 0 Å². The number of nitrogens with one attached hydrogen (secondary N) is 2. The molecule has 6 aromatic rings. The Morgan fingerprint density at radius 1 is 0.778 bits per heavy atom. The molecule has 178 valence electrons. The number of imidazole rings is 1. The molecule has 0 aliphatic carbocycles. The maximum atomic E-state index is 14.2. The highest BCUT2D eigenvalue weighted by Gasteiger charge is 2.26. The summed E-state index contributed by atoms with van der Waals surface area (Å²) in [6.45, 7) is 8.31. The van der Waals surface area contributed by atoms with Crippen molar-refractivity contribution < 1.29 is 0 Å². The molecule has 6 nitrogen and oxygen atoms in total. The molecule has 0 saturated heterocycles. The second kappa shape index (κ2) is 8.03. The number of hydrogen-bond acceptors (Lipinski definition) is 2. The smallest absolute Gasteiger partial charge is 0.330 e. The Morgan fingerprint density at radius 3 is 1.83 bits per heavy atom. The largest absolute Gasteiger partial charge is 0.361 e. The molecule has 0 saturated carbocycles. The van der Waals surface area contributed by atoms with E-state index in [4.69, 9.17) is 0 Å². The van der Waals surface area contributed by atoms with E-state index in [1.54, 1.807) is 6.07 Å². The number of aromatic nitrogens is 4. The highest BCUT2D eigenvalue weighted by Crippen LogP contribution is 2.34. The molecule has 2 N–H and O–H groups in total. The van der Waals surface area contributed by atoms with Crippen molar-refractivity contribution in [2.75, 3.05) is 0 Å². The summed E-state index contributed by atoms with van der Waals surface area (Å²) in [5.41, 5.74) is 8.59. The Kier molecular flexibility index (Phi) is 4.90. The zero-order valence-electron chi connectivity index (χ0n) is 20.8.